The van der Waals surface area contributed by atoms with Crippen molar-refractivity contribution < 1.29 is 19.5 Å². The van der Waals surface area contributed by atoms with Gasteiger partial charge in [0.05, 0.1) is 6.54 Å². The van der Waals surface area contributed by atoms with Crippen molar-refractivity contribution in [3.8, 4) is 0 Å². The molecule has 0 saturated carbocycles. The van der Waals surface area contributed by atoms with Gasteiger partial charge in [0.15, 0.2) is 0 Å². The van der Waals surface area contributed by atoms with Crippen molar-refractivity contribution in [3.05, 3.63) is 0 Å². The van der Waals surface area contributed by atoms with Crippen LogP contribution in [0.3, 0.4) is 0 Å². The van der Waals surface area contributed by atoms with E-state index in [0.29, 0.717) is 13.0 Å². The summed E-state index contributed by atoms with van der Waals surface area (Å²) >= 11 is 0. The number of amides is 3. The number of hydrogen-bond donors (Lipinski definition) is 2. The van der Waals surface area contributed by atoms with Crippen LogP contribution in [0, 0.1) is 0 Å². The van der Waals surface area contributed by atoms with Crippen LogP contribution in [0.2, 0.25) is 0 Å². The topological polar surface area (TPSA) is 90.0 Å². The molecule has 7 heteroatoms. The highest BCUT2D eigenvalue weighted by atomic mass is 16.4. The Morgan fingerprint density at radius 3 is 2.17 bits per heavy atom. The average molecular weight is 259 g/mol. The first-order chi connectivity index (χ1) is 8.34. The molecule has 2 N–H and O–H groups in total. The van der Waals surface area contributed by atoms with E-state index in [1.807, 2.05) is 6.92 Å². The van der Waals surface area contributed by atoms with Crippen molar-refractivity contribution in [1.82, 2.24) is 15.1 Å². The molecule has 18 heavy (non-hydrogen) atoms. The van der Waals surface area contributed by atoms with Crippen molar-refractivity contribution in [2.45, 2.75) is 26.3 Å². The molecule has 0 bridgehead atoms. The zero-order valence-corrected chi connectivity index (χ0v) is 11.3. The summed E-state index contributed by atoms with van der Waals surface area (Å²) in [7, 11) is 3.02. The number of urea groups is 1. The quantitative estimate of drug-likeness (QED) is 0.701. The van der Waals surface area contributed by atoms with E-state index in [2.05, 4.69) is 5.32 Å². The number of hydrogen-bond acceptors (Lipinski definition) is 3. The van der Waals surface area contributed by atoms with E-state index in [0.717, 1.165) is 4.90 Å². The maximum atomic E-state index is 11.6. The number of rotatable bonds is 6. The molecular weight excluding hydrogens is 238 g/mol. The molecule has 0 heterocycles. The van der Waals surface area contributed by atoms with Gasteiger partial charge >= 0.3 is 12.0 Å². The van der Waals surface area contributed by atoms with Gasteiger partial charge in [-0.2, -0.15) is 0 Å². The van der Waals surface area contributed by atoms with Crippen LogP contribution < -0.4 is 5.32 Å². The summed E-state index contributed by atoms with van der Waals surface area (Å²) in [6.07, 6.45) is 0.308. The summed E-state index contributed by atoms with van der Waals surface area (Å²) < 4.78 is 0. The first kappa shape index (κ1) is 16.2. The van der Waals surface area contributed by atoms with Crippen molar-refractivity contribution in [3.63, 3.8) is 0 Å². The Balaban J connectivity index is 4.32. The van der Waals surface area contributed by atoms with Crippen LogP contribution in [0.5, 0.6) is 0 Å². The van der Waals surface area contributed by atoms with Gasteiger partial charge in [0, 0.05) is 20.6 Å². The lowest BCUT2D eigenvalue weighted by molar-refractivity contribution is -0.141. The minimum Gasteiger partial charge on any atom is -0.480 e. The fourth-order valence-electron chi connectivity index (χ4n) is 1.34. The van der Waals surface area contributed by atoms with Crippen LogP contribution in [0.15, 0.2) is 0 Å². The SMILES string of the molecule is CCC(C(=O)O)N(C)C(=O)NCC(=O)N(C)CC. The molecule has 1 unspecified atom stereocenters. The molecule has 0 aliphatic heterocycles. The van der Waals surface area contributed by atoms with Gasteiger partial charge in [-0.15, -0.1) is 0 Å². The standard InChI is InChI=1S/C11H21N3O4/c1-5-8(10(16)17)14(4)11(18)12-7-9(15)13(3)6-2/h8H,5-7H2,1-4H3,(H,12,18)(H,16,17). The zero-order valence-electron chi connectivity index (χ0n) is 11.3. The van der Waals surface area contributed by atoms with Gasteiger partial charge < -0.3 is 20.2 Å². The molecule has 0 aromatic rings. The van der Waals surface area contributed by atoms with Crippen LogP contribution >= 0.6 is 0 Å². The zero-order chi connectivity index (χ0) is 14.3. The van der Waals surface area contributed by atoms with Gasteiger partial charge in [-0.3, -0.25) is 4.79 Å². The summed E-state index contributed by atoms with van der Waals surface area (Å²) in [5.74, 6) is -1.28. The van der Waals surface area contributed by atoms with E-state index in [1.165, 1.54) is 11.9 Å². The number of nitrogens with one attached hydrogen (secondary N) is 1. The van der Waals surface area contributed by atoms with E-state index < -0.39 is 18.0 Å². The van der Waals surface area contributed by atoms with E-state index in [4.69, 9.17) is 5.11 Å². The largest absolute Gasteiger partial charge is 0.480 e. The van der Waals surface area contributed by atoms with E-state index in [9.17, 15) is 14.4 Å². The van der Waals surface area contributed by atoms with Gasteiger partial charge in [0.25, 0.3) is 0 Å². The summed E-state index contributed by atoms with van der Waals surface area (Å²) in [5, 5.41) is 11.3. The first-order valence-electron chi connectivity index (χ1n) is 5.82. The molecule has 0 aromatic carbocycles. The molecule has 0 saturated heterocycles. The van der Waals surface area contributed by atoms with Crippen molar-refractivity contribution in [2.75, 3.05) is 27.2 Å². The highest BCUT2D eigenvalue weighted by Gasteiger charge is 2.24. The number of nitrogens with zero attached hydrogens (tertiary/aromatic N) is 2. The van der Waals surface area contributed by atoms with Crippen LogP contribution in [0.4, 0.5) is 4.79 Å². The van der Waals surface area contributed by atoms with Gasteiger partial charge in [0.2, 0.25) is 5.91 Å². The number of carboxylic acid groups (broad SMARTS) is 1. The Labute approximate surface area is 107 Å². The fourth-order valence-corrected chi connectivity index (χ4v) is 1.34. The Morgan fingerprint density at radius 1 is 1.22 bits per heavy atom. The summed E-state index contributed by atoms with van der Waals surface area (Å²) in [4.78, 5) is 36.5. The Bertz CT molecular complexity index is 319. The second-order valence-electron chi connectivity index (χ2n) is 3.94. The predicted molar refractivity (Wildman–Crippen MR) is 66.2 cm³/mol. The van der Waals surface area contributed by atoms with Crippen LogP contribution in [-0.4, -0.2) is 66.0 Å². The van der Waals surface area contributed by atoms with Gasteiger partial charge in [0.1, 0.15) is 6.04 Å². The molecule has 1 atom stereocenters. The van der Waals surface area contributed by atoms with E-state index in [1.54, 1.807) is 14.0 Å². The highest BCUT2D eigenvalue weighted by molar-refractivity contribution is 5.86. The molecule has 0 rings (SSSR count). The van der Waals surface area contributed by atoms with Gasteiger partial charge in [-0.05, 0) is 13.3 Å². The normalized spacial score (nSPS) is 11.6. The van der Waals surface area contributed by atoms with Crippen molar-refractivity contribution in [1.29, 1.82) is 0 Å². The number of carboxylic acids is 1. The minimum absolute atomic E-state index is 0.135. The first-order valence-corrected chi connectivity index (χ1v) is 5.82. The lowest BCUT2D eigenvalue weighted by Crippen LogP contribution is -2.49. The maximum Gasteiger partial charge on any atom is 0.326 e. The maximum absolute atomic E-state index is 11.6. The molecule has 0 aliphatic carbocycles. The van der Waals surface area contributed by atoms with Crippen molar-refractivity contribution in [2.24, 2.45) is 0 Å². The third kappa shape index (κ3) is 4.60. The van der Waals surface area contributed by atoms with Crippen molar-refractivity contribution >= 4 is 17.9 Å². The molecular formula is C11H21N3O4. The molecule has 3 amide bonds. The fraction of sp³-hybridized carbons (Fsp3) is 0.727. The molecule has 104 valence electrons. The number of carbonyl (C=O) groups excluding carboxylic acids is 2. The molecule has 7 nitrogen and oxygen atoms in total. The van der Waals surface area contributed by atoms with Crippen LogP contribution in [-0.2, 0) is 9.59 Å². The summed E-state index contributed by atoms with van der Waals surface area (Å²) in [5.41, 5.74) is 0. The van der Waals surface area contributed by atoms with Crippen LogP contribution in [0.25, 0.3) is 0 Å². The molecule has 0 spiro atoms. The average Bonchev–Trinajstić information content (AvgIpc) is 2.34. The number of carbonyl (C=O) groups is 3. The third-order valence-corrected chi connectivity index (χ3v) is 2.75. The lowest BCUT2D eigenvalue weighted by atomic mass is 10.2. The van der Waals surface area contributed by atoms with Crippen LogP contribution in [0.1, 0.15) is 20.3 Å². The Kier molecular flexibility index (Phi) is 6.77. The molecule has 0 aliphatic rings. The highest BCUT2D eigenvalue weighted by Crippen LogP contribution is 2.02. The summed E-state index contributed by atoms with van der Waals surface area (Å²) in [6, 6.07) is -1.45. The van der Waals surface area contributed by atoms with Gasteiger partial charge in [-0.25, -0.2) is 9.59 Å². The Hall–Kier alpha value is -1.79. The number of likely N-dealkylation sites (N-methyl/N-ethyl adjacent to an activating group) is 2. The minimum atomic E-state index is -1.06. The smallest absolute Gasteiger partial charge is 0.326 e. The monoisotopic (exact) mass is 259 g/mol. The molecule has 0 fully saturated rings. The van der Waals surface area contributed by atoms with E-state index >= 15 is 0 Å². The second kappa shape index (κ2) is 7.52. The molecule has 0 aromatic heterocycles. The van der Waals surface area contributed by atoms with Gasteiger partial charge in [-0.1, -0.05) is 6.92 Å². The Morgan fingerprint density at radius 2 is 1.78 bits per heavy atom. The third-order valence-electron chi connectivity index (χ3n) is 2.75. The summed E-state index contributed by atoms with van der Waals surface area (Å²) in [6.45, 7) is 3.92. The second-order valence-corrected chi connectivity index (χ2v) is 3.94. The van der Waals surface area contributed by atoms with E-state index in [-0.39, 0.29) is 12.5 Å². The molecule has 0 radical (unpaired) electrons. The lowest BCUT2D eigenvalue weighted by Gasteiger charge is -2.24. The predicted octanol–water partition coefficient (Wildman–Crippen LogP) is -0.0307. The number of aliphatic carboxylic acids is 1.